The Bertz CT molecular complexity index is 1080. The predicted octanol–water partition coefficient (Wildman–Crippen LogP) is 4.02. The first-order chi connectivity index (χ1) is 16.6. The molecular formula is C28H28N2O4. The normalized spacial score (nSPS) is 11.5. The third-order valence-corrected chi connectivity index (χ3v) is 5.05. The first-order valence-corrected chi connectivity index (χ1v) is 11.1. The van der Waals surface area contributed by atoms with E-state index in [-0.39, 0.29) is 25.4 Å². The Hall–Kier alpha value is -4.19. The van der Waals surface area contributed by atoms with Crippen molar-refractivity contribution in [2.45, 2.75) is 32.0 Å². The highest BCUT2D eigenvalue weighted by Crippen LogP contribution is 2.07. The van der Waals surface area contributed by atoms with Crippen LogP contribution in [-0.2, 0) is 32.3 Å². The van der Waals surface area contributed by atoms with Crippen LogP contribution < -0.4 is 10.6 Å². The lowest BCUT2D eigenvalue weighted by Gasteiger charge is -2.17. The fourth-order valence-electron chi connectivity index (χ4n) is 3.21. The molecule has 3 rings (SSSR count). The second kappa shape index (κ2) is 13.4. The van der Waals surface area contributed by atoms with Gasteiger partial charge in [0.05, 0.1) is 0 Å². The molecule has 0 bridgehead atoms. The van der Waals surface area contributed by atoms with Crippen LogP contribution in [0, 0.1) is 0 Å². The van der Waals surface area contributed by atoms with E-state index < -0.39 is 17.9 Å². The van der Waals surface area contributed by atoms with Gasteiger partial charge in [-0.05, 0) is 29.2 Å². The first kappa shape index (κ1) is 24.5. The van der Waals surface area contributed by atoms with Crippen molar-refractivity contribution in [1.82, 2.24) is 10.6 Å². The van der Waals surface area contributed by atoms with Gasteiger partial charge in [-0.3, -0.25) is 14.4 Å². The van der Waals surface area contributed by atoms with Crippen molar-refractivity contribution in [3.63, 3.8) is 0 Å². The van der Waals surface area contributed by atoms with Gasteiger partial charge < -0.3 is 15.4 Å². The molecule has 0 aliphatic heterocycles. The van der Waals surface area contributed by atoms with Gasteiger partial charge in [-0.2, -0.15) is 0 Å². The van der Waals surface area contributed by atoms with E-state index >= 15 is 0 Å². The number of ether oxygens (including phenoxy) is 1. The Labute approximate surface area is 199 Å². The van der Waals surface area contributed by atoms with Crippen molar-refractivity contribution in [2.24, 2.45) is 0 Å². The average Bonchev–Trinajstić information content (AvgIpc) is 2.89. The molecule has 1 unspecified atom stereocenters. The highest BCUT2D eigenvalue weighted by atomic mass is 16.5. The molecule has 0 radical (unpaired) electrons. The summed E-state index contributed by atoms with van der Waals surface area (Å²) in [7, 11) is 0. The third-order valence-electron chi connectivity index (χ3n) is 5.05. The summed E-state index contributed by atoms with van der Waals surface area (Å²) < 4.78 is 5.30. The molecule has 3 aromatic rings. The standard InChI is InChI=1S/C28H28N2O4/c31-26(18-16-22-10-4-1-5-11-22)30-25(28(33)29-20-23-12-6-2-7-13-23)17-19-27(32)34-21-24-14-8-3-9-15-24/h1-16,18,25H,17,19-21H2,(H,29,33)(H,30,31)/b18-16+. The van der Waals surface area contributed by atoms with Gasteiger partial charge in [-0.15, -0.1) is 0 Å². The lowest BCUT2D eigenvalue weighted by atomic mass is 10.1. The van der Waals surface area contributed by atoms with Crippen molar-refractivity contribution < 1.29 is 19.1 Å². The van der Waals surface area contributed by atoms with E-state index in [1.165, 1.54) is 6.08 Å². The monoisotopic (exact) mass is 456 g/mol. The summed E-state index contributed by atoms with van der Waals surface area (Å²) in [6.45, 7) is 0.487. The number of hydrogen-bond acceptors (Lipinski definition) is 4. The molecule has 6 heteroatoms. The van der Waals surface area contributed by atoms with E-state index in [9.17, 15) is 14.4 Å². The van der Waals surface area contributed by atoms with E-state index in [0.29, 0.717) is 6.54 Å². The molecule has 0 spiro atoms. The van der Waals surface area contributed by atoms with Gasteiger partial charge in [0.15, 0.2) is 0 Å². The maximum Gasteiger partial charge on any atom is 0.306 e. The maximum absolute atomic E-state index is 12.8. The number of carbonyl (C=O) groups is 3. The number of nitrogens with one attached hydrogen (secondary N) is 2. The van der Waals surface area contributed by atoms with E-state index in [0.717, 1.165) is 16.7 Å². The number of hydrogen-bond donors (Lipinski definition) is 2. The minimum absolute atomic E-state index is 0.00105. The van der Waals surface area contributed by atoms with Crippen LogP contribution in [0.1, 0.15) is 29.5 Å². The minimum atomic E-state index is -0.874. The van der Waals surface area contributed by atoms with Gasteiger partial charge in [-0.25, -0.2) is 0 Å². The smallest absolute Gasteiger partial charge is 0.306 e. The number of benzene rings is 3. The highest BCUT2D eigenvalue weighted by molar-refractivity contribution is 5.95. The van der Waals surface area contributed by atoms with Crippen molar-refractivity contribution in [1.29, 1.82) is 0 Å². The fourth-order valence-corrected chi connectivity index (χ4v) is 3.21. The third kappa shape index (κ3) is 8.74. The van der Waals surface area contributed by atoms with Crippen LogP contribution in [0.4, 0.5) is 0 Å². The molecule has 0 saturated heterocycles. The molecule has 0 saturated carbocycles. The summed E-state index contributed by atoms with van der Waals surface area (Å²) in [4.78, 5) is 37.5. The Morgan fingerprint density at radius 2 is 1.38 bits per heavy atom. The molecule has 0 heterocycles. The molecule has 2 amide bonds. The largest absolute Gasteiger partial charge is 0.461 e. The van der Waals surface area contributed by atoms with E-state index in [4.69, 9.17) is 4.74 Å². The van der Waals surface area contributed by atoms with Crippen molar-refractivity contribution >= 4 is 23.9 Å². The number of rotatable bonds is 11. The summed E-state index contributed by atoms with van der Waals surface area (Å²) in [6.07, 6.45) is 3.17. The minimum Gasteiger partial charge on any atom is -0.461 e. The van der Waals surface area contributed by atoms with Gasteiger partial charge in [0.25, 0.3) is 0 Å². The zero-order chi connectivity index (χ0) is 24.0. The lowest BCUT2D eigenvalue weighted by molar-refractivity contribution is -0.145. The number of carbonyl (C=O) groups excluding carboxylic acids is 3. The van der Waals surface area contributed by atoms with E-state index in [1.54, 1.807) is 6.08 Å². The average molecular weight is 457 g/mol. The van der Waals surface area contributed by atoms with E-state index in [1.807, 2.05) is 91.0 Å². The summed E-state index contributed by atoms with van der Waals surface area (Å²) in [5.74, 6) is -1.21. The quantitative estimate of drug-likeness (QED) is 0.337. The molecule has 0 aliphatic carbocycles. The second-order valence-electron chi connectivity index (χ2n) is 7.69. The molecular weight excluding hydrogens is 428 g/mol. The van der Waals surface area contributed by atoms with Crippen LogP contribution >= 0.6 is 0 Å². The topological polar surface area (TPSA) is 84.5 Å². The van der Waals surface area contributed by atoms with Crippen molar-refractivity contribution in [2.75, 3.05) is 0 Å². The molecule has 1 atom stereocenters. The molecule has 2 N–H and O–H groups in total. The molecule has 6 nitrogen and oxygen atoms in total. The number of amides is 2. The van der Waals surface area contributed by atoms with Gasteiger partial charge >= 0.3 is 5.97 Å². The SMILES string of the molecule is O=C(/C=C/c1ccccc1)NC(CCC(=O)OCc1ccccc1)C(=O)NCc1ccccc1. The molecule has 0 fully saturated rings. The molecule has 174 valence electrons. The number of esters is 1. The second-order valence-corrected chi connectivity index (χ2v) is 7.69. The van der Waals surface area contributed by atoms with Crippen LogP contribution in [0.25, 0.3) is 6.08 Å². The van der Waals surface area contributed by atoms with Gasteiger partial charge in [0.2, 0.25) is 11.8 Å². The van der Waals surface area contributed by atoms with Crippen LogP contribution in [0.2, 0.25) is 0 Å². The highest BCUT2D eigenvalue weighted by Gasteiger charge is 2.21. The summed E-state index contributed by atoms with van der Waals surface area (Å²) in [5, 5.41) is 5.54. The summed E-state index contributed by atoms with van der Waals surface area (Å²) >= 11 is 0. The maximum atomic E-state index is 12.8. The Kier molecular flexibility index (Phi) is 9.62. The fraction of sp³-hybridized carbons (Fsp3) is 0.179. The lowest BCUT2D eigenvalue weighted by Crippen LogP contribution is -2.46. The van der Waals surface area contributed by atoms with Gasteiger partial charge in [0.1, 0.15) is 12.6 Å². The van der Waals surface area contributed by atoms with Crippen molar-refractivity contribution in [3.8, 4) is 0 Å². The summed E-state index contributed by atoms with van der Waals surface area (Å²) in [5.41, 5.74) is 2.69. The van der Waals surface area contributed by atoms with Gasteiger partial charge in [0, 0.05) is 19.0 Å². The Balaban J connectivity index is 1.56. The van der Waals surface area contributed by atoms with Crippen LogP contribution in [0.5, 0.6) is 0 Å². The predicted molar refractivity (Wildman–Crippen MR) is 131 cm³/mol. The van der Waals surface area contributed by atoms with Crippen molar-refractivity contribution in [3.05, 3.63) is 114 Å². The zero-order valence-electron chi connectivity index (χ0n) is 18.9. The Morgan fingerprint density at radius 1 is 0.794 bits per heavy atom. The molecule has 0 aromatic heterocycles. The van der Waals surface area contributed by atoms with Crippen LogP contribution in [0.3, 0.4) is 0 Å². The van der Waals surface area contributed by atoms with Crippen LogP contribution in [-0.4, -0.2) is 23.8 Å². The van der Waals surface area contributed by atoms with Crippen LogP contribution in [0.15, 0.2) is 97.1 Å². The Morgan fingerprint density at radius 3 is 2.03 bits per heavy atom. The van der Waals surface area contributed by atoms with Gasteiger partial charge in [-0.1, -0.05) is 91.0 Å². The first-order valence-electron chi connectivity index (χ1n) is 11.1. The molecule has 3 aromatic carbocycles. The molecule has 34 heavy (non-hydrogen) atoms. The summed E-state index contributed by atoms with van der Waals surface area (Å²) in [6, 6.07) is 27.3. The van der Waals surface area contributed by atoms with E-state index in [2.05, 4.69) is 10.6 Å². The zero-order valence-corrected chi connectivity index (χ0v) is 18.9. The molecule has 0 aliphatic rings.